The van der Waals surface area contributed by atoms with Crippen LogP contribution in [0.15, 0.2) is 26.6 Å². The number of carbonyl (C=O) groups excluding carboxylic acids is 1. The molecule has 1 aromatic heterocycles. The summed E-state index contributed by atoms with van der Waals surface area (Å²) in [6.45, 7) is 0. The maximum absolute atomic E-state index is 11.7. The zero-order chi connectivity index (χ0) is 13.3. The average Bonchev–Trinajstić information content (AvgIpc) is 2.73. The molecule has 0 spiro atoms. The Morgan fingerprint density at radius 2 is 2.17 bits per heavy atom. The SMILES string of the molecule is COC(=O)c1nc(Br)sc1-c1cc(Br)ccc1Cl. The number of hydrogen-bond donors (Lipinski definition) is 0. The van der Waals surface area contributed by atoms with Crippen LogP contribution in [0.1, 0.15) is 10.5 Å². The number of halogens is 3. The molecule has 3 nitrogen and oxygen atoms in total. The van der Waals surface area contributed by atoms with Gasteiger partial charge < -0.3 is 4.74 Å². The number of rotatable bonds is 2. The molecule has 18 heavy (non-hydrogen) atoms. The Balaban J connectivity index is 2.63. The molecule has 0 aliphatic carbocycles. The van der Waals surface area contributed by atoms with Crippen LogP contribution in [0.25, 0.3) is 10.4 Å². The van der Waals surface area contributed by atoms with Crippen LogP contribution in [-0.2, 0) is 4.74 Å². The summed E-state index contributed by atoms with van der Waals surface area (Å²) < 4.78 is 6.19. The third-order valence-electron chi connectivity index (χ3n) is 2.15. The van der Waals surface area contributed by atoms with Gasteiger partial charge in [0.25, 0.3) is 0 Å². The quantitative estimate of drug-likeness (QED) is 0.668. The standard InChI is InChI=1S/C11H6Br2ClNO2S/c1-17-10(16)8-9(18-11(13)15-8)6-4-5(12)2-3-7(6)14/h2-4H,1H3. The van der Waals surface area contributed by atoms with Crippen LogP contribution >= 0.6 is 54.8 Å². The summed E-state index contributed by atoms with van der Waals surface area (Å²) in [5.74, 6) is -0.483. The number of thiazole rings is 1. The molecule has 94 valence electrons. The first-order chi connectivity index (χ1) is 8.52. The summed E-state index contributed by atoms with van der Waals surface area (Å²) in [5.41, 5.74) is 1.00. The number of methoxy groups -OCH3 is 1. The van der Waals surface area contributed by atoms with E-state index in [1.165, 1.54) is 18.4 Å². The summed E-state index contributed by atoms with van der Waals surface area (Å²) in [7, 11) is 1.32. The van der Waals surface area contributed by atoms with E-state index in [9.17, 15) is 4.79 Å². The maximum atomic E-state index is 11.7. The third-order valence-corrected chi connectivity index (χ3v) is 4.52. The zero-order valence-corrected chi connectivity index (χ0v) is 13.8. The highest BCUT2D eigenvalue weighted by atomic mass is 79.9. The minimum Gasteiger partial charge on any atom is -0.464 e. The lowest BCUT2D eigenvalue weighted by molar-refractivity contribution is 0.0595. The highest BCUT2D eigenvalue weighted by molar-refractivity contribution is 9.11. The van der Waals surface area contributed by atoms with Gasteiger partial charge in [-0.25, -0.2) is 9.78 Å². The van der Waals surface area contributed by atoms with Gasteiger partial charge in [-0.3, -0.25) is 0 Å². The number of nitrogens with zero attached hydrogens (tertiary/aromatic N) is 1. The summed E-state index contributed by atoms with van der Waals surface area (Å²) in [6.07, 6.45) is 0. The first-order valence-electron chi connectivity index (χ1n) is 4.73. The van der Waals surface area contributed by atoms with Crippen molar-refractivity contribution in [1.82, 2.24) is 4.98 Å². The summed E-state index contributed by atoms with van der Waals surface area (Å²) >= 11 is 14.1. The van der Waals surface area contributed by atoms with Gasteiger partial charge in [0.15, 0.2) is 9.61 Å². The van der Waals surface area contributed by atoms with Crippen molar-refractivity contribution in [2.75, 3.05) is 7.11 Å². The molecule has 0 atom stereocenters. The van der Waals surface area contributed by atoms with Crippen molar-refractivity contribution in [1.29, 1.82) is 0 Å². The molecule has 0 radical (unpaired) electrons. The van der Waals surface area contributed by atoms with Crippen LogP contribution in [-0.4, -0.2) is 18.1 Å². The largest absolute Gasteiger partial charge is 0.464 e. The van der Waals surface area contributed by atoms with Gasteiger partial charge in [-0.2, -0.15) is 0 Å². The second kappa shape index (κ2) is 5.69. The molecule has 0 bridgehead atoms. The predicted octanol–water partition coefficient (Wildman–Crippen LogP) is 4.78. The van der Waals surface area contributed by atoms with Crippen molar-refractivity contribution in [3.05, 3.63) is 37.3 Å². The van der Waals surface area contributed by atoms with Crippen molar-refractivity contribution in [2.45, 2.75) is 0 Å². The minimum absolute atomic E-state index is 0.259. The van der Waals surface area contributed by atoms with Crippen molar-refractivity contribution >= 4 is 60.8 Å². The maximum Gasteiger partial charge on any atom is 0.358 e. The topological polar surface area (TPSA) is 39.2 Å². The molecule has 0 N–H and O–H groups in total. The average molecular weight is 412 g/mol. The fourth-order valence-corrected chi connectivity index (χ4v) is 3.49. The van der Waals surface area contributed by atoms with Gasteiger partial charge in [-0.1, -0.05) is 27.5 Å². The molecule has 0 unspecified atom stereocenters. The van der Waals surface area contributed by atoms with Crippen molar-refractivity contribution in [2.24, 2.45) is 0 Å². The van der Waals surface area contributed by atoms with Crippen LogP contribution in [0.2, 0.25) is 5.02 Å². The van der Waals surface area contributed by atoms with Crippen molar-refractivity contribution in [3.8, 4) is 10.4 Å². The molecular formula is C11H6Br2ClNO2S. The summed E-state index contributed by atoms with van der Waals surface area (Å²) in [5, 5.41) is 0.555. The highest BCUT2D eigenvalue weighted by Crippen LogP contribution is 2.38. The number of esters is 1. The Hall–Kier alpha value is -0.430. The van der Waals surface area contributed by atoms with Crippen molar-refractivity contribution in [3.63, 3.8) is 0 Å². The van der Waals surface area contributed by atoms with Gasteiger partial charge >= 0.3 is 5.97 Å². The fraction of sp³-hybridized carbons (Fsp3) is 0.0909. The summed E-state index contributed by atoms with van der Waals surface area (Å²) in [4.78, 5) is 16.5. The second-order valence-electron chi connectivity index (χ2n) is 3.26. The highest BCUT2D eigenvalue weighted by Gasteiger charge is 2.21. The van der Waals surface area contributed by atoms with Gasteiger partial charge in [-0.15, -0.1) is 11.3 Å². The smallest absolute Gasteiger partial charge is 0.358 e. The van der Waals surface area contributed by atoms with E-state index in [2.05, 4.69) is 36.8 Å². The lowest BCUT2D eigenvalue weighted by atomic mass is 10.1. The Kier molecular flexibility index (Phi) is 4.42. The molecule has 0 aliphatic heterocycles. The zero-order valence-electron chi connectivity index (χ0n) is 9.04. The van der Waals surface area contributed by atoms with Gasteiger partial charge in [0.05, 0.1) is 12.0 Å². The molecule has 2 rings (SSSR count). The van der Waals surface area contributed by atoms with Gasteiger partial charge in [-0.05, 0) is 34.1 Å². The van der Waals surface area contributed by atoms with E-state index in [0.717, 1.165) is 10.0 Å². The molecule has 1 heterocycles. The lowest BCUT2D eigenvalue weighted by Crippen LogP contribution is -2.03. The van der Waals surface area contributed by atoms with Crippen LogP contribution in [0.5, 0.6) is 0 Å². The van der Waals surface area contributed by atoms with Crippen molar-refractivity contribution < 1.29 is 9.53 Å². The normalized spacial score (nSPS) is 10.4. The number of aromatic nitrogens is 1. The van der Waals surface area contributed by atoms with Crippen LogP contribution < -0.4 is 0 Å². The fourth-order valence-electron chi connectivity index (χ4n) is 1.38. The Bertz CT molecular complexity index is 615. The molecule has 2 aromatic rings. The third kappa shape index (κ3) is 2.77. The van der Waals surface area contributed by atoms with E-state index in [4.69, 9.17) is 16.3 Å². The molecular weight excluding hydrogens is 405 g/mol. The van der Waals surface area contributed by atoms with E-state index in [1.807, 2.05) is 12.1 Å². The molecule has 0 saturated carbocycles. The molecule has 0 aliphatic rings. The predicted molar refractivity (Wildman–Crippen MR) is 79.3 cm³/mol. The molecule has 7 heteroatoms. The Morgan fingerprint density at radius 1 is 1.44 bits per heavy atom. The number of benzene rings is 1. The van der Waals surface area contributed by atoms with E-state index < -0.39 is 5.97 Å². The van der Waals surface area contributed by atoms with Gasteiger partial charge in [0.2, 0.25) is 0 Å². The van der Waals surface area contributed by atoms with E-state index in [-0.39, 0.29) is 5.69 Å². The number of hydrogen-bond acceptors (Lipinski definition) is 4. The van der Waals surface area contributed by atoms with E-state index in [0.29, 0.717) is 13.8 Å². The van der Waals surface area contributed by atoms with Crippen LogP contribution in [0, 0.1) is 0 Å². The first kappa shape index (κ1) is 14.0. The van der Waals surface area contributed by atoms with E-state index >= 15 is 0 Å². The molecule has 1 aromatic carbocycles. The first-order valence-corrected chi connectivity index (χ1v) is 7.51. The minimum atomic E-state index is -0.483. The van der Waals surface area contributed by atoms with Gasteiger partial charge in [0, 0.05) is 15.1 Å². The summed E-state index contributed by atoms with van der Waals surface area (Å²) in [6, 6.07) is 5.43. The number of ether oxygens (including phenoxy) is 1. The van der Waals surface area contributed by atoms with Gasteiger partial charge in [0.1, 0.15) is 0 Å². The monoisotopic (exact) mass is 409 g/mol. The lowest BCUT2D eigenvalue weighted by Gasteiger charge is -2.04. The Labute approximate surface area is 129 Å². The van der Waals surface area contributed by atoms with Crippen LogP contribution in [0.4, 0.5) is 0 Å². The second-order valence-corrected chi connectivity index (χ2v) is 6.86. The number of carbonyl (C=O) groups is 1. The molecule has 0 fully saturated rings. The van der Waals surface area contributed by atoms with Crippen LogP contribution in [0.3, 0.4) is 0 Å². The molecule has 0 amide bonds. The molecule has 0 saturated heterocycles. The van der Waals surface area contributed by atoms with E-state index in [1.54, 1.807) is 6.07 Å². The Morgan fingerprint density at radius 3 is 2.83 bits per heavy atom.